The highest BCUT2D eigenvalue weighted by Crippen LogP contribution is 2.16. The molecule has 10 heteroatoms. The molecule has 0 radical (unpaired) electrons. The maximum Gasteiger partial charge on any atom is 0.508 e. The number of hydrogen-bond donors (Lipinski definition) is 1. The van der Waals surface area contributed by atoms with Crippen LogP contribution in [0.2, 0.25) is 0 Å². The molecule has 0 spiro atoms. The van der Waals surface area contributed by atoms with E-state index in [-0.39, 0.29) is 19.3 Å². The largest absolute Gasteiger partial charge is 0.508 e. The van der Waals surface area contributed by atoms with E-state index in [9.17, 15) is 9.59 Å². The summed E-state index contributed by atoms with van der Waals surface area (Å²) in [7, 11) is 0. The summed E-state index contributed by atoms with van der Waals surface area (Å²) in [5.41, 5.74) is 0. The molecule has 1 amide bonds. The summed E-state index contributed by atoms with van der Waals surface area (Å²) < 4.78 is 20.7. The van der Waals surface area contributed by atoms with Crippen LogP contribution in [0.1, 0.15) is 0 Å². The first kappa shape index (κ1) is 20.2. The zero-order chi connectivity index (χ0) is 16.9. The van der Waals surface area contributed by atoms with E-state index < -0.39 is 12.3 Å². The van der Waals surface area contributed by atoms with Crippen LogP contribution in [-0.4, -0.2) is 66.4 Å². The third-order valence-corrected chi connectivity index (χ3v) is 5.03. The highest BCUT2D eigenvalue weighted by molar-refractivity contribution is 8.47. The standard InChI is InChI=1S/C13H19NO6S3/c1-2-11(15)14-3-5-22-13(21)23-6-4-19-12(16)20-10-7-17-9-18-8-10/h2,10H,1,3-9H2,(H,14,15). The van der Waals surface area contributed by atoms with Crippen molar-refractivity contribution < 1.29 is 28.5 Å². The summed E-state index contributed by atoms with van der Waals surface area (Å²) in [6, 6.07) is 0. The van der Waals surface area contributed by atoms with Gasteiger partial charge in [-0.25, -0.2) is 4.79 Å². The lowest BCUT2D eigenvalue weighted by Gasteiger charge is -2.21. The fraction of sp³-hybridized carbons (Fsp3) is 0.615. The van der Waals surface area contributed by atoms with Crippen molar-refractivity contribution in [3.05, 3.63) is 12.7 Å². The fourth-order valence-corrected chi connectivity index (χ4v) is 3.41. The molecular weight excluding hydrogens is 362 g/mol. The lowest BCUT2D eigenvalue weighted by Crippen LogP contribution is -2.33. The van der Waals surface area contributed by atoms with Crippen LogP contribution in [0.3, 0.4) is 0 Å². The molecule has 0 saturated carbocycles. The molecule has 0 aromatic carbocycles. The van der Waals surface area contributed by atoms with Crippen LogP contribution in [0.25, 0.3) is 0 Å². The third kappa shape index (κ3) is 10.6. The number of thioether (sulfide) groups is 2. The van der Waals surface area contributed by atoms with Crippen molar-refractivity contribution in [2.75, 3.05) is 44.7 Å². The minimum absolute atomic E-state index is 0.200. The molecule has 23 heavy (non-hydrogen) atoms. The van der Waals surface area contributed by atoms with E-state index in [0.29, 0.717) is 31.3 Å². The van der Waals surface area contributed by atoms with Gasteiger partial charge >= 0.3 is 6.16 Å². The first-order valence-electron chi connectivity index (χ1n) is 6.80. The second-order valence-corrected chi connectivity index (χ2v) is 7.53. The first-order chi connectivity index (χ1) is 11.1. The Morgan fingerprint density at radius 2 is 2.00 bits per heavy atom. The van der Waals surface area contributed by atoms with Crippen molar-refractivity contribution in [3.63, 3.8) is 0 Å². The molecule has 0 aliphatic carbocycles. The fourth-order valence-electron chi connectivity index (χ4n) is 1.38. The topological polar surface area (TPSA) is 83.1 Å². The number of thiocarbonyl (C=S) groups is 1. The van der Waals surface area contributed by atoms with Crippen LogP contribution in [0.15, 0.2) is 12.7 Å². The number of carbonyl (C=O) groups excluding carboxylic acids is 2. The summed E-state index contributed by atoms with van der Waals surface area (Å²) in [6.45, 7) is 4.92. The monoisotopic (exact) mass is 381 g/mol. The van der Waals surface area contributed by atoms with E-state index in [2.05, 4.69) is 11.9 Å². The maximum absolute atomic E-state index is 11.4. The van der Waals surface area contributed by atoms with E-state index in [0.717, 1.165) is 3.53 Å². The van der Waals surface area contributed by atoms with E-state index in [1.54, 1.807) is 0 Å². The molecule has 0 atom stereocenters. The molecule has 0 aromatic rings. The number of hydrogen-bond acceptors (Lipinski definition) is 9. The molecule has 130 valence electrons. The quantitative estimate of drug-likeness (QED) is 0.291. The van der Waals surface area contributed by atoms with Crippen molar-refractivity contribution in [2.24, 2.45) is 0 Å². The maximum atomic E-state index is 11.4. The molecular formula is C13H19NO6S3. The molecule has 1 heterocycles. The van der Waals surface area contributed by atoms with Crippen LogP contribution < -0.4 is 5.32 Å². The number of nitrogens with one attached hydrogen (secondary N) is 1. The zero-order valence-electron chi connectivity index (χ0n) is 12.5. The molecule has 1 aliphatic rings. The Balaban J connectivity index is 1.96. The second-order valence-electron chi connectivity index (χ2n) is 4.14. The Hall–Kier alpha value is -0.810. The molecule has 0 aromatic heterocycles. The van der Waals surface area contributed by atoms with Crippen molar-refractivity contribution in [1.29, 1.82) is 0 Å². The van der Waals surface area contributed by atoms with E-state index >= 15 is 0 Å². The van der Waals surface area contributed by atoms with E-state index in [1.165, 1.54) is 29.6 Å². The zero-order valence-corrected chi connectivity index (χ0v) is 14.9. The molecule has 0 bridgehead atoms. The van der Waals surface area contributed by atoms with Crippen LogP contribution in [-0.2, 0) is 23.7 Å². The number of rotatable bonds is 8. The third-order valence-electron chi connectivity index (χ3n) is 2.37. The molecule has 7 nitrogen and oxygen atoms in total. The molecule has 1 saturated heterocycles. The number of amides is 1. The van der Waals surface area contributed by atoms with Gasteiger partial charge in [-0.05, 0) is 6.08 Å². The average Bonchev–Trinajstić information content (AvgIpc) is 2.56. The Labute approximate surface area is 148 Å². The molecule has 1 aliphatic heterocycles. The van der Waals surface area contributed by atoms with E-state index in [1.807, 2.05) is 0 Å². The Morgan fingerprint density at radius 3 is 2.70 bits per heavy atom. The number of ether oxygens (including phenoxy) is 4. The smallest absolute Gasteiger partial charge is 0.433 e. The van der Waals surface area contributed by atoms with Gasteiger partial charge in [0.1, 0.15) is 16.9 Å². The van der Waals surface area contributed by atoms with Crippen molar-refractivity contribution in [2.45, 2.75) is 6.10 Å². The van der Waals surface area contributed by atoms with Gasteiger partial charge in [0.15, 0.2) is 6.10 Å². The SMILES string of the molecule is C=CC(=O)NCCSC(=S)SCCOC(=O)OC1COCOC1. The van der Waals surface area contributed by atoms with Crippen LogP contribution in [0.4, 0.5) is 4.79 Å². The van der Waals surface area contributed by atoms with Gasteiger partial charge < -0.3 is 24.3 Å². The van der Waals surface area contributed by atoms with Gasteiger partial charge in [-0.2, -0.15) is 0 Å². The van der Waals surface area contributed by atoms with Gasteiger partial charge in [0.05, 0.1) is 13.2 Å². The number of carbonyl (C=O) groups is 2. The van der Waals surface area contributed by atoms with E-state index in [4.69, 9.17) is 31.2 Å². The van der Waals surface area contributed by atoms with Crippen LogP contribution in [0.5, 0.6) is 0 Å². The van der Waals surface area contributed by atoms with Crippen LogP contribution >= 0.6 is 35.7 Å². The molecule has 1 N–H and O–H groups in total. The van der Waals surface area contributed by atoms with Gasteiger partial charge in [0, 0.05) is 18.1 Å². The summed E-state index contributed by atoms with van der Waals surface area (Å²) in [6.07, 6.45) is 0.0569. The molecule has 0 unspecified atom stereocenters. The molecule has 1 fully saturated rings. The lowest BCUT2D eigenvalue weighted by atomic mass is 10.4. The lowest BCUT2D eigenvalue weighted by molar-refractivity contribution is -0.157. The minimum atomic E-state index is -0.740. The molecule has 1 rings (SSSR count). The normalized spacial score (nSPS) is 14.8. The van der Waals surface area contributed by atoms with Crippen LogP contribution in [0, 0.1) is 0 Å². The predicted octanol–water partition coefficient (Wildman–Crippen LogP) is 1.57. The van der Waals surface area contributed by atoms with Gasteiger partial charge in [-0.15, -0.1) is 23.5 Å². The van der Waals surface area contributed by atoms with Crippen molar-refractivity contribution >= 4 is 51.3 Å². The summed E-state index contributed by atoms with van der Waals surface area (Å²) in [5, 5.41) is 2.66. The Bertz CT molecular complexity index is 415. The van der Waals surface area contributed by atoms with Crippen molar-refractivity contribution in [3.8, 4) is 0 Å². The van der Waals surface area contributed by atoms with Gasteiger partial charge in [-0.1, -0.05) is 18.8 Å². The highest BCUT2D eigenvalue weighted by atomic mass is 32.2. The summed E-state index contributed by atoms with van der Waals surface area (Å²) >= 11 is 8.02. The second kappa shape index (κ2) is 12.6. The minimum Gasteiger partial charge on any atom is -0.433 e. The summed E-state index contributed by atoms with van der Waals surface area (Å²) in [5.74, 6) is 1.01. The van der Waals surface area contributed by atoms with Crippen molar-refractivity contribution in [1.82, 2.24) is 5.32 Å². The highest BCUT2D eigenvalue weighted by Gasteiger charge is 2.19. The van der Waals surface area contributed by atoms with Gasteiger partial charge in [0.25, 0.3) is 0 Å². The van der Waals surface area contributed by atoms with Gasteiger partial charge in [-0.3, -0.25) is 4.79 Å². The predicted molar refractivity (Wildman–Crippen MR) is 93.7 cm³/mol. The summed E-state index contributed by atoms with van der Waals surface area (Å²) in [4.78, 5) is 22.3. The van der Waals surface area contributed by atoms with Gasteiger partial charge in [0.2, 0.25) is 5.91 Å². The Kier molecular flexibility index (Phi) is 11.1. The first-order valence-corrected chi connectivity index (χ1v) is 9.18. The Morgan fingerprint density at radius 1 is 1.30 bits per heavy atom. The average molecular weight is 381 g/mol.